The molecule has 1 amide bonds. The number of fused-ring (bicyclic) bond motifs is 1. The molecule has 1 aliphatic rings. The Hall–Kier alpha value is -1.84. The van der Waals surface area contributed by atoms with Gasteiger partial charge in [0.25, 0.3) is 0 Å². The molecule has 1 unspecified atom stereocenters. The van der Waals surface area contributed by atoms with Gasteiger partial charge in [0.15, 0.2) is 0 Å². The Morgan fingerprint density at radius 3 is 3.24 bits per heavy atom. The highest BCUT2D eigenvalue weighted by Gasteiger charge is 2.25. The van der Waals surface area contributed by atoms with Crippen molar-refractivity contribution in [3.05, 3.63) is 29.8 Å². The lowest BCUT2D eigenvalue weighted by molar-refractivity contribution is -0.142. The van der Waals surface area contributed by atoms with E-state index in [4.69, 9.17) is 4.74 Å². The molecule has 1 heterocycles. The second kappa shape index (κ2) is 4.99. The third-order valence-corrected chi connectivity index (χ3v) is 2.82. The van der Waals surface area contributed by atoms with Gasteiger partial charge in [0.05, 0.1) is 6.61 Å². The lowest BCUT2D eigenvalue weighted by Gasteiger charge is -2.24. The van der Waals surface area contributed by atoms with Crippen LogP contribution in [-0.2, 0) is 20.7 Å². The first-order valence-electron chi connectivity index (χ1n) is 5.60. The summed E-state index contributed by atoms with van der Waals surface area (Å²) in [6, 6.07) is 8.49. The zero-order valence-electron chi connectivity index (χ0n) is 9.66. The molecular weight excluding hydrogens is 218 g/mol. The Kier molecular flexibility index (Phi) is 3.42. The minimum Gasteiger partial charge on any atom is -0.466 e. The van der Waals surface area contributed by atoms with Crippen LogP contribution in [0.5, 0.6) is 0 Å². The average Bonchev–Trinajstić information content (AvgIpc) is 2.29. The van der Waals surface area contributed by atoms with Gasteiger partial charge in [-0.1, -0.05) is 12.1 Å². The third-order valence-electron chi connectivity index (χ3n) is 2.82. The Morgan fingerprint density at radius 1 is 1.65 bits per heavy atom. The Morgan fingerprint density at radius 2 is 2.47 bits per heavy atom. The van der Waals surface area contributed by atoms with E-state index in [0.717, 1.165) is 11.3 Å². The quantitative estimate of drug-likeness (QED) is 0.804. The van der Waals surface area contributed by atoms with Gasteiger partial charge in [0, 0.05) is 18.5 Å². The minimum atomic E-state index is -0.309. The molecule has 1 N–H and O–H groups in total. The maximum atomic E-state index is 11.8. The van der Waals surface area contributed by atoms with Gasteiger partial charge in [-0.05, 0) is 30.5 Å². The first kappa shape index (κ1) is 11.6. The van der Waals surface area contributed by atoms with Crippen molar-refractivity contribution in [1.29, 1.82) is 0 Å². The molecule has 0 spiro atoms. The van der Waals surface area contributed by atoms with Gasteiger partial charge in [-0.3, -0.25) is 9.59 Å². The topological polar surface area (TPSA) is 55.4 Å². The molecule has 2 rings (SSSR count). The van der Waals surface area contributed by atoms with Crippen molar-refractivity contribution < 1.29 is 14.3 Å². The van der Waals surface area contributed by atoms with E-state index in [1.807, 2.05) is 12.1 Å². The van der Waals surface area contributed by atoms with Gasteiger partial charge < -0.3 is 10.1 Å². The van der Waals surface area contributed by atoms with E-state index in [9.17, 15) is 9.59 Å². The van der Waals surface area contributed by atoms with Crippen molar-refractivity contribution in [3.63, 3.8) is 0 Å². The van der Waals surface area contributed by atoms with Crippen LogP contribution in [0.15, 0.2) is 18.2 Å². The van der Waals surface area contributed by atoms with Crippen molar-refractivity contribution in [1.82, 2.24) is 0 Å². The van der Waals surface area contributed by atoms with Gasteiger partial charge in [-0.2, -0.15) is 0 Å². The van der Waals surface area contributed by atoms with Gasteiger partial charge in [0.2, 0.25) is 5.91 Å². The highest BCUT2D eigenvalue weighted by Crippen LogP contribution is 2.26. The summed E-state index contributed by atoms with van der Waals surface area (Å²) in [7, 11) is 0. The summed E-state index contributed by atoms with van der Waals surface area (Å²) in [6.07, 6.45) is 1.25. The van der Waals surface area contributed by atoms with Gasteiger partial charge in [-0.15, -0.1) is 0 Å². The van der Waals surface area contributed by atoms with Crippen molar-refractivity contribution in [3.8, 4) is 0 Å². The van der Waals surface area contributed by atoms with E-state index in [1.54, 1.807) is 6.07 Å². The third kappa shape index (κ3) is 2.84. The van der Waals surface area contributed by atoms with Crippen molar-refractivity contribution >= 4 is 17.6 Å². The Bertz CT molecular complexity index is 442. The first-order valence-corrected chi connectivity index (χ1v) is 5.60. The lowest BCUT2D eigenvalue weighted by Crippen LogP contribution is -2.30. The Balaban J connectivity index is 1.98. The average molecular weight is 232 g/mol. The Labute approximate surface area is 100.0 Å². The van der Waals surface area contributed by atoms with Gasteiger partial charge >= 0.3 is 5.97 Å². The molecule has 0 aromatic heterocycles. The molecule has 0 aliphatic carbocycles. The van der Waals surface area contributed by atoms with Crippen LogP contribution in [0.4, 0.5) is 5.69 Å². The van der Waals surface area contributed by atoms with Crippen LogP contribution < -0.4 is 5.32 Å². The van der Waals surface area contributed by atoms with Gasteiger partial charge in [0.1, 0.15) is 0 Å². The maximum absolute atomic E-state index is 11.8. The van der Waals surface area contributed by atoms with Crippen molar-refractivity contribution in [2.24, 2.45) is 5.92 Å². The SMILES string of the molecule is CC(=O)OCCC1Cc2cc[c]cc2NC1=O. The number of amides is 1. The molecule has 1 atom stereocenters. The molecule has 4 nitrogen and oxygen atoms in total. The van der Waals surface area contributed by atoms with E-state index < -0.39 is 0 Å². The smallest absolute Gasteiger partial charge is 0.302 e. The molecule has 0 bridgehead atoms. The number of ether oxygens (including phenoxy) is 1. The van der Waals surface area contributed by atoms with Crippen LogP contribution in [0.3, 0.4) is 0 Å². The summed E-state index contributed by atoms with van der Waals surface area (Å²) >= 11 is 0. The number of carbonyl (C=O) groups excluding carboxylic acids is 2. The summed E-state index contributed by atoms with van der Waals surface area (Å²) in [4.78, 5) is 22.4. The van der Waals surface area contributed by atoms with Crippen LogP contribution in [0.2, 0.25) is 0 Å². The molecule has 0 saturated carbocycles. The number of hydrogen-bond acceptors (Lipinski definition) is 3. The zero-order valence-corrected chi connectivity index (χ0v) is 9.66. The van der Waals surface area contributed by atoms with Crippen LogP contribution in [0, 0.1) is 12.0 Å². The number of rotatable bonds is 3. The fourth-order valence-corrected chi connectivity index (χ4v) is 1.93. The number of nitrogens with one attached hydrogen (secondary N) is 1. The molecular formula is C13H14NO3. The van der Waals surface area contributed by atoms with Crippen molar-refractivity contribution in [2.45, 2.75) is 19.8 Å². The highest BCUT2D eigenvalue weighted by atomic mass is 16.5. The molecule has 1 aromatic rings. The summed E-state index contributed by atoms with van der Waals surface area (Å²) in [5.41, 5.74) is 1.94. The van der Waals surface area contributed by atoms with Crippen molar-refractivity contribution in [2.75, 3.05) is 11.9 Å². The largest absolute Gasteiger partial charge is 0.466 e. The zero-order chi connectivity index (χ0) is 12.3. The predicted octanol–water partition coefficient (Wildman–Crippen LogP) is 1.55. The summed E-state index contributed by atoms with van der Waals surface area (Å²) in [5, 5.41) is 2.84. The molecule has 89 valence electrons. The van der Waals surface area contributed by atoms with Crippen LogP contribution in [-0.4, -0.2) is 18.5 Å². The summed E-state index contributed by atoms with van der Waals surface area (Å²) < 4.78 is 4.86. The molecule has 1 aromatic carbocycles. The molecule has 1 aliphatic heterocycles. The fourth-order valence-electron chi connectivity index (χ4n) is 1.93. The van der Waals surface area contributed by atoms with E-state index in [-0.39, 0.29) is 17.8 Å². The van der Waals surface area contributed by atoms with E-state index >= 15 is 0 Å². The monoisotopic (exact) mass is 232 g/mol. The fraction of sp³-hybridized carbons (Fsp3) is 0.385. The molecule has 0 saturated heterocycles. The molecule has 4 heteroatoms. The number of carbonyl (C=O) groups is 2. The second-order valence-electron chi connectivity index (χ2n) is 4.10. The number of benzene rings is 1. The second-order valence-corrected chi connectivity index (χ2v) is 4.10. The van der Waals surface area contributed by atoms with E-state index in [2.05, 4.69) is 11.4 Å². The number of hydrogen-bond donors (Lipinski definition) is 1. The number of esters is 1. The van der Waals surface area contributed by atoms with Crippen LogP contribution >= 0.6 is 0 Å². The maximum Gasteiger partial charge on any atom is 0.302 e. The molecule has 17 heavy (non-hydrogen) atoms. The van der Waals surface area contributed by atoms with Gasteiger partial charge in [-0.25, -0.2) is 0 Å². The predicted molar refractivity (Wildman–Crippen MR) is 62.4 cm³/mol. The molecule has 1 radical (unpaired) electrons. The van der Waals surface area contributed by atoms with Crippen LogP contribution in [0.25, 0.3) is 0 Å². The summed E-state index contributed by atoms with van der Waals surface area (Å²) in [6.45, 7) is 1.66. The lowest BCUT2D eigenvalue weighted by atomic mass is 9.91. The highest BCUT2D eigenvalue weighted by molar-refractivity contribution is 5.95. The minimum absolute atomic E-state index is 0.00995. The van der Waals surface area contributed by atoms with E-state index in [0.29, 0.717) is 19.4 Å². The molecule has 0 fully saturated rings. The first-order chi connectivity index (χ1) is 8.16. The normalized spacial score (nSPS) is 18.2. The van der Waals surface area contributed by atoms with Crippen LogP contribution in [0.1, 0.15) is 18.9 Å². The van der Waals surface area contributed by atoms with E-state index in [1.165, 1.54) is 6.92 Å². The standard InChI is InChI=1S/C13H14NO3/c1-9(15)17-7-6-11-8-10-4-2-3-5-12(10)14-13(11)16/h2,4-5,11H,6-8H2,1H3,(H,14,16). The summed E-state index contributed by atoms with van der Waals surface area (Å²) in [5.74, 6) is -0.440. The number of anilines is 1.